The SMILES string of the molecule is NCCC1(c2cccs2)CC1. The van der Waals surface area contributed by atoms with E-state index in [9.17, 15) is 0 Å². The summed E-state index contributed by atoms with van der Waals surface area (Å²) < 4.78 is 0. The second-order valence-corrected chi connectivity index (χ2v) is 4.24. The predicted molar refractivity (Wildman–Crippen MR) is 48.9 cm³/mol. The second kappa shape index (κ2) is 2.61. The van der Waals surface area contributed by atoms with E-state index in [0.29, 0.717) is 5.41 Å². The molecule has 1 aliphatic rings. The summed E-state index contributed by atoms with van der Waals surface area (Å²) in [4.78, 5) is 1.54. The Hall–Kier alpha value is -0.340. The minimum atomic E-state index is 0.517. The Kier molecular flexibility index (Phi) is 1.74. The molecule has 1 aromatic heterocycles. The number of rotatable bonds is 3. The second-order valence-electron chi connectivity index (χ2n) is 3.30. The van der Waals surface area contributed by atoms with Crippen molar-refractivity contribution in [2.45, 2.75) is 24.7 Å². The number of hydrogen-bond donors (Lipinski definition) is 1. The topological polar surface area (TPSA) is 26.0 Å². The Labute approximate surface area is 71.2 Å². The molecule has 0 radical (unpaired) electrons. The van der Waals surface area contributed by atoms with Gasteiger partial charge in [-0.05, 0) is 37.3 Å². The third-order valence-electron chi connectivity index (χ3n) is 2.52. The average Bonchev–Trinajstić information content (AvgIpc) is 2.63. The molecule has 1 aromatic rings. The van der Waals surface area contributed by atoms with Crippen LogP contribution in [-0.2, 0) is 5.41 Å². The van der Waals surface area contributed by atoms with E-state index in [1.165, 1.54) is 19.3 Å². The first-order valence-corrected chi connectivity index (χ1v) is 4.99. The van der Waals surface area contributed by atoms with Crippen molar-refractivity contribution in [3.8, 4) is 0 Å². The van der Waals surface area contributed by atoms with Crippen LogP contribution in [0.4, 0.5) is 0 Å². The number of hydrogen-bond acceptors (Lipinski definition) is 2. The molecule has 0 aliphatic heterocycles. The van der Waals surface area contributed by atoms with Gasteiger partial charge in [-0.15, -0.1) is 11.3 Å². The van der Waals surface area contributed by atoms with Gasteiger partial charge in [0.25, 0.3) is 0 Å². The van der Waals surface area contributed by atoms with Gasteiger partial charge in [-0.25, -0.2) is 0 Å². The zero-order valence-electron chi connectivity index (χ0n) is 6.55. The standard InChI is InChI=1S/C9H13NS/c10-6-5-9(3-4-9)8-2-1-7-11-8/h1-2,7H,3-6,10H2. The van der Waals surface area contributed by atoms with Crippen molar-refractivity contribution in [3.05, 3.63) is 22.4 Å². The molecule has 1 saturated carbocycles. The zero-order valence-corrected chi connectivity index (χ0v) is 7.36. The summed E-state index contributed by atoms with van der Waals surface area (Å²) in [6.07, 6.45) is 3.88. The Morgan fingerprint density at radius 1 is 1.55 bits per heavy atom. The predicted octanol–water partition coefficient (Wildman–Crippen LogP) is 2.13. The molecule has 1 heterocycles. The minimum Gasteiger partial charge on any atom is -0.330 e. The molecule has 0 atom stereocenters. The third-order valence-corrected chi connectivity index (χ3v) is 3.64. The summed E-state index contributed by atoms with van der Waals surface area (Å²) >= 11 is 1.88. The summed E-state index contributed by atoms with van der Waals surface area (Å²) in [6.45, 7) is 0.831. The maximum atomic E-state index is 5.57. The van der Waals surface area contributed by atoms with Gasteiger partial charge in [0, 0.05) is 10.3 Å². The molecule has 1 fully saturated rings. The molecule has 0 bridgehead atoms. The normalized spacial score (nSPS) is 20.1. The largest absolute Gasteiger partial charge is 0.330 e. The van der Waals surface area contributed by atoms with Gasteiger partial charge in [-0.1, -0.05) is 6.07 Å². The maximum Gasteiger partial charge on any atom is 0.0108 e. The first-order chi connectivity index (χ1) is 5.37. The Morgan fingerprint density at radius 3 is 2.82 bits per heavy atom. The van der Waals surface area contributed by atoms with E-state index < -0.39 is 0 Å². The van der Waals surface area contributed by atoms with Gasteiger partial charge in [-0.2, -0.15) is 0 Å². The molecular formula is C9H13NS. The van der Waals surface area contributed by atoms with Crippen LogP contribution in [0.25, 0.3) is 0 Å². The van der Waals surface area contributed by atoms with Crippen molar-refractivity contribution in [1.82, 2.24) is 0 Å². The van der Waals surface area contributed by atoms with Gasteiger partial charge in [0.15, 0.2) is 0 Å². The summed E-state index contributed by atoms with van der Waals surface area (Å²) in [5, 5.41) is 2.16. The van der Waals surface area contributed by atoms with E-state index in [1.54, 1.807) is 4.88 Å². The lowest BCUT2D eigenvalue weighted by Crippen LogP contribution is -2.11. The van der Waals surface area contributed by atoms with Crippen LogP contribution in [-0.4, -0.2) is 6.54 Å². The Balaban J connectivity index is 2.15. The van der Waals surface area contributed by atoms with Crippen molar-refractivity contribution >= 4 is 11.3 Å². The monoisotopic (exact) mass is 167 g/mol. The van der Waals surface area contributed by atoms with Gasteiger partial charge in [0.1, 0.15) is 0 Å². The Morgan fingerprint density at radius 2 is 2.36 bits per heavy atom. The van der Waals surface area contributed by atoms with E-state index >= 15 is 0 Å². The zero-order chi connectivity index (χ0) is 7.73. The highest BCUT2D eigenvalue weighted by molar-refractivity contribution is 7.10. The lowest BCUT2D eigenvalue weighted by molar-refractivity contribution is 0.641. The molecule has 60 valence electrons. The summed E-state index contributed by atoms with van der Waals surface area (Å²) in [5.41, 5.74) is 6.08. The summed E-state index contributed by atoms with van der Waals surface area (Å²) in [5.74, 6) is 0. The van der Waals surface area contributed by atoms with E-state index in [4.69, 9.17) is 5.73 Å². The van der Waals surface area contributed by atoms with E-state index in [2.05, 4.69) is 17.5 Å². The van der Waals surface area contributed by atoms with Crippen LogP contribution < -0.4 is 5.73 Å². The van der Waals surface area contributed by atoms with Crippen LogP contribution in [0, 0.1) is 0 Å². The molecule has 2 rings (SSSR count). The first-order valence-electron chi connectivity index (χ1n) is 4.11. The Bertz CT molecular complexity index is 224. The van der Waals surface area contributed by atoms with Gasteiger partial charge >= 0.3 is 0 Å². The van der Waals surface area contributed by atoms with Gasteiger partial charge in [-0.3, -0.25) is 0 Å². The van der Waals surface area contributed by atoms with Crippen LogP contribution in [0.2, 0.25) is 0 Å². The molecular weight excluding hydrogens is 154 g/mol. The maximum absolute atomic E-state index is 5.57. The third kappa shape index (κ3) is 1.21. The van der Waals surface area contributed by atoms with Crippen LogP contribution in [0.15, 0.2) is 17.5 Å². The fraction of sp³-hybridized carbons (Fsp3) is 0.556. The first kappa shape index (κ1) is 7.32. The summed E-state index contributed by atoms with van der Waals surface area (Å²) in [7, 11) is 0. The van der Waals surface area contributed by atoms with Crippen LogP contribution in [0.1, 0.15) is 24.1 Å². The van der Waals surface area contributed by atoms with Crippen molar-refractivity contribution in [2.24, 2.45) is 5.73 Å². The van der Waals surface area contributed by atoms with Crippen LogP contribution in [0.3, 0.4) is 0 Å². The molecule has 0 spiro atoms. The molecule has 1 nitrogen and oxygen atoms in total. The highest BCUT2D eigenvalue weighted by Gasteiger charge is 2.43. The number of nitrogens with two attached hydrogens (primary N) is 1. The van der Waals surface area contributed by atoms with Crippen molar-refractivity contribution in [1.29, 1.82) is 0 Å². The molecule has 11 heavy (non-hydrogen) atoms. The lowest BCUT2D eigenvalue weighted by atomic mass is 10.0. The smallest absolute Gasteiger partial charge is 0.0108 e. The van der Waals surface area contributed by atoms with Crippen molar-refractivity contribution < 1.29 is 0 Å². The fourth-order valence-corrected chi connectivity index (χ4v) is 2.64. The van der Waals surface area contributed by atoms with Gasteiger partial charge in [0.05, 0.1) is 0 Å². The molecule has 2 N–H and O–H groups in total. The van der Waals surface area contributed by atoms with E-state index in [1.807, 2.05) is 11.3 Å². The number of thiophene rings is 1. The quantitative estimate of drug-likeness (QED) is 0.733. The molecule has 1 aliphatic carbocycles. The highest BCUT2D eigenvalue weighted by atomic mass is 32.1. The van der Waals surface area contributed by atoms with Crippen LogP contribution in [0.5, 0.6) is 0 Å². The fourth-order valence-electron chi connectivity index (χ4n) is 1.63. The molecule has 0 saturated heterocycles. The summed E-state index contributed by atoms with van der Waals surface area (Å²) in [6, 6.07) is 4.38. The molecule has 0 unspecified atom stereocenters. The van der Waals surface area contributed by atoms with Gasteiger partial charge in [0.2, 0.25) is 0 Å². The van der Waals surface area contributed by atoms with Crippen LogP contribution >= 0.6 is 11.3 Å². The van der Waals surface area contributed by atoms with Gasteiger partial charge < -0.3 is 5.73 Å². The van der Waals surface area contributed by atoms with Crippen molar-refractivity contribution in [2.75, 3.05) is 6.54 Å². The molecule has 0 aromatic carbocycles. The average molecular weight is 167 g/mol. The lowest BCUT2D eigenvalue weighted by Gasteiger charge is -2.10. The minimum absolute atomic E-state index is 0.517. The van der Waals surface area contributed by atoms with E-state index in [-0.39, 0.29) is 0 Å². The highest BCUT2D eigenvalue weighted by Crippen LogP contribution is 2.52. The van der Waals surface area contributed by atoms with Crippen molar-refractivity contribution in [3.63, 3.8) is 0 Å². The molecule has 0 amide bonds. The molecule has 2 heteroatoms. The van der Waals surface area contributed by atoms with E-state index in [0.717, 1.165) is 6.54 Å².